The minimum atomic E-state index is -4.36. The predicted octanol–water partition coefficient (Wildman–Crippen LogP) is 13.2. The Labute approximate surface area is 373 Å². The van der Waals surface area contributed by atoms with Gasteiger partial charge in [0.25, 0.3) is 0 Å². The topological polar surface area (TPSA) is 105 Å². The molecule has 344 valence electrons. The quantitative estimate of drug-likeness (QED) is 0.0246. The van der Waals surface area contributed by atoms with Gasteiger partial charge in [0, 0.05) is 6.42 Å². The molecule has 0 aromatic heterocycles. The average molecular weight is 866 g/mol. The average Bonchev–Trinajstić information content (AvgIpc) is 3.21. The number of aliphatic hydroxyl groups excluding tert-OH is 1. The highest BCUT2D eigenvalue weighted by Crippen LogP contribution is 2.43. The van der Waals surface area contributed by atoms with Crippen molar-refractivity contribution in [3.05, 3.63) is 134 Å². The molecule has 9 heteroatoms. The first-order chi connectivity index (χ1) is 29.5. The van der Waals surface area contributed by atoms with Gasteiger partial charge in [-0.05, 0) is 96.3 Å². The minimum absolute atomic E-state index is 0.0405. The summed E-state index contributed by atoms with van der Waals surface area (Å²) in [4.78, 5) is 23.0. The molecule has 0 heterocycles. The molecule has 0 aliphatic carbocycles. The van der Waals surface area contributed by atoms with E-state index in [-0.39, 0.29) is 19.1 Å². The lowest BCUT2D eigenvalue weighted by atomic mass is 10.1. The molecule has 0 aliphatic rings. The van der Waals surface area contributed by atoms with Crippen LogP contribution in [-0.4, -0.2) is 73.4 Å². The molecule has 0 aromatic rings. The number of unbranched alkanes of at least 4 members (excludes halogenated alkanes) is 6. The number of hydrogen-bond acceptors (Lipinski definition) is 5. The third kappa shape index (κ3) is 44.5. The van der Waals surface area contributed by atoms with E-state index in [0.717, 1.165) is 103 Å². The highest BCUT2D eigenvalue weighted by atomic mass is 31.2. The first-order valence-corrected chi connectivity index (χ1v) is 24.6. The largest absolute Gasteiger partial charge is 0.472 e. The van der Waals surface area contributed by atoms with Gasteiger partial charge in [0.2, 0.25) is 5.91 Å². The maximum Gasteiger partial charge on any atom is 0.472 e. The SMILES string of the molecule is CC/C=C\C/C=C\C/C=C\C/C=C\C/C=C\C/C=C\C/C=C\C/C=C\C/C=C\CCCCCC(=O)NC(COP(=O)(O)OCC[N+](C)(C)C)C(O)/C=C/CC/C=C/CCCC. The Hall–Kier alpha value is -3.36. The van der Waals surface area contributed by atoms with Crippen molar-refractivity contribution in [2.45, 2.75) is 148 Å². The molecule has 3 atom stereocenters. The second-order valence-electron chi connectivity index (χ2n) is 16.0. The molecule has 0 radical (unpaired) electrons. The van der Waals surface area contributed by atoms with Crippen LogP contribution in [0.3, 0.4) is 0 Å². The summed E-state index contributed by atoms with van der Waals surface area (Å²) in [7, 11) is 1.50. The molecule has 3 N–H and O–H groups in total. The van der Waals surface area contributed by atoms with E-state index in [4.69, 9.17) is 9.05 Å². The molecule has 0 fully saturated rings. The summed E-state index contributed by atoms with van der Waals surface area (Å²) in [6.07, 6.45) is 64.1. The number of carbonyl (C=O) groups is 1. The third-order valence-electron chi connectivity index (χ3n) is 9.10. The van der Waals surface area contributed by atoms with Crippen LogP contribution in [-0.2, 0) is 18.4 Å². The molecule has 0 aliphatic heterocycles. The number of quaternary nitrogens is 1. The summed E-state index contributed by atoms with van der Waals surface area (Å²) in [5, 5.41) is 13.7. The van der Waals surface area contributed by atoms with Crippen LogP contribution in [0, 0.1) is 0 Å². The van der Waals surface area contributed by atoms with Crippen molar-refractivity contribution < 1.29 is 32.9 Å². The molecule has 0 spiro atoms. The number of allylic oxidation sites excluding steroid dienone is 21. The Morgan fingerprint density at radius 1 is 0.574 bits per heavy atom. The van der Waals surface area contributed by atoms with E-state index in [0.29, 0.717) is 23.9 Å². The fourth-order valence-electron chi connectivity index (χ4n) is 5.44. The lowest BCUT2D eigenvalue weighted by molar-refractivity contribution is -0.870. The van der Waals surface area contributed by atoms with Gasteiger partial charge >= 0.3 is 7.82 Å². The van der Waals surface area contributed by atoms with Gasteiger partial charge in [-0.1, -0.05) is 167 Å². The molecule has 1 amide bonds. The molecule has 0 saturated carbocycles. The van der Waals surface area contributed by atoms with Gasteiger partial charge in [-0.2, -0.15) is 0 Å². The third-order valence-corrected chi connectivity index (χ3v) is 10.1. The van der Waals surface area contributed by atoms with Crippen molar-refractivity contribution in [3.63, 3.8) is 0 Å². The molecule has 0 saturated heterocycles. The Bertz CT molecular complexity index is 1440. The lowest BCUT2D eigenvalue weighted by Crippen LogP contribution is -2.45. The summed E-state index contributed by atoms with van der Waals surface area (Å²) in [5.41, 5.74) is 0. The van der Waals surface area contributed by atoms with Gasteiger partial charge in [0.1, 0.15) is 13.2 Å². The number of nitrogens with zero attached hydrogens (tertiary/aromatic N) is 1. The minimum Gasteiger partial charge on any atom is -0.387 e. The van der Waals surface area contributed by atoms with Crippen molar-refractivity contribution in [2.75, 3.05) is 40.9 Å². The van der Waals surface area contributed by atoms with Gasteiger partial charge < -0.3 is 19.8 Å². The Morgan fingerprint density at radius 2 is 1.00 bits per heavy atom. The summed E-state index contributed by atoms with van der Waals surface area (Å²) in [6.45, 7) is 4.53. The number of hydrogen-bond donors (Lipinski definition) is 3. The van der Waals surface area contributed by atoms with Crippen LogP contribution in [0.1, 0.15) is 136 Å². The van der Waals surface area contributed by atoms with Gasteiger partial charge in [-0.15, -0.1) is 0 Å². The van der Waals surface area contributed by atoms with E-state index in [1.54, 1.807) is 6.08 Å². The van der Waals surface area contributed by atoms with Crippen LogP contribution in [0.15, 0.2) is 134 Å². The van der Waals surface area contributed by atoms with Gasteiger partial charge in [0.05, 0.1) is 39.9 Å². The van der Waals surface area contributed by atoms with Crippen LogP contribution >= 0.6 is 7.82 Å². The number of amides is 1. The van der Waals surface area contributed by atoms with E-state index < -0.39 is 20.0 Å². The molecule has 0 bridgehead atoms. The van der Waals surface area contributed by atoms with Crippen molar-refractivity contribution >= 4 is 13.7 Å². The lowest BCUT2D eigenvalue weighted by Gasteiger charge is -2.25. The number of rotatable bonds is 39. The van der Waals surface area contributed by atoms with E-state index in [1.165, 1.54) is 6.42 Å². The maximum atomic E-state index is 12.8. The molecular weight excluding hydrogens is 780 g/mol. The Morgan fingerprint density at radius 3 is 1.48 bits per heavy atom. The predicted molar refractivity (Wildman–Crippen MR) is 262 cm³/mol. The highest BCUT2D eigenvalue weighted by Gasteiger charge is 2.27. The zero-order chi connectivity index (χ0) is 45.0. The fourth-order valence-corrected chi connectivity index (χ4v) is 6.18. The zero-order valence-corrected chi connectivity index (χ0v) is 39.7. The van der Waals surface area contributed by atoms with E-state index in [2.05, 4.69) is 141 Å². The number of aliphatic hydroxyl groups is 1. The number of phosphoric ester groups is 1. The molecule has 61 heavy (non-hydrogen) atoms. The first-order valence-electron chi connectivity index (χ1n) is 23.1. The summed E-state index contributed by atoms with van der Waals surface area (Å²) < 4.78 is 23.4. The number of nitrogens with one attached hydrogen (secondary N) is 1. The number of phosphoric acid groups is 1. The summed E-state index contributed by atoms with van der Waals surface area (Å²) >= 11 is 0. The standard InChI is InChI=1S/C52H85N2O6P/c1-6-8-10-12-14-16-17-18-19-20-21-22-23-24-25-26-27-28-29-30-31-32-33-34-35-36-37-38-40-42-44-46-52(56)53-50(49-60-61(57,58)59-48-47-54(3,4)5)51(55)45-43-41-39-15-13-11-9-7-2/h8,10,13-16,18-19,21-22,24-25,27-28,30-31,33-34,36-37,43,45,50-51,55H,6-7,9,11-12,17,20,23,26,29,32,35,38-42,44,46-49H2,1-5H3,(H-,53,56,57,58)/p+1/b10-8-,15-13+,16-14-,19-18-,22-21-,25-24-,28-27-,31-30-,34-33-,37-36-,45-43+. The Balaban J connectivity index is 4.29. The smallest absolute Gasteiger partial charge is 0.387 e. The maximum absolute atomic E-state index is 12.8. The summed E-state index contributed by atoms with van der Waals surface area (Å²) in [6, 6.07) is -0.889. The second kappa shape index (κ2) is 42.0. The molecule has 0 aromatic carbocycles. The van der Waals surface area contributed by atoms with Gasteiger partial charge in [-0.25, -0.2) is 4.57 Å². The van der Waals surface area contributed by atoms with Crippen molar-refractivity contribution in [1.29, 1.82) is 0 Å². The molecule has 0 rings (SSSR count). The number of likely N-dealkylation sites (N-methyl/N-ethyl adjacent to an activating group) is 1. The van der Waals surface area contributed by atoms with E-state index in [1.807, 2.05) is 27.2 Å². The van der Waals surface area contributed by atoms with Crippen LogP contribution < -0.4 is 5.32 Å². The van der Waals surface area contributed by atoms with Crippen LogP contribution in [0.5, 0.6) is 0 Å². The zero-order valence-electron chi connectivity index (χ0n) is 38.8. The second-order valence-corrected chi connectivity index (χ2v) is 17.5. The fraction of sp³-hybridized carbons (Fsp3) is 0.558. The van der Waals surface area contributed by atoms with Crippen molar-refractivity contribution in [1.82, 2.24) is 5.32 Å². The van der Waals surface area contributed by atoms with Crippen molar-refractivity contribution in [3.8, 4) is 0 Å². The number of carbonyl (C=O) groups excluding carboxylic acids is 1. The Kier molecular flexibility index (Phi) is 39.7. The monoisotopic (exact) mass is 866 g/mol. The van der Waals surface area contributed by atoms with Gasteiger partial charge in [-0.3, -0.25) is 13.8 Å². The van der Waals surface area contributed by atoms with Crippen LogP contribution in [0.2, 0.25) is 0 Å². The van der Waals surface area contributed by atoms with E-state index in [9.17, 15) is 19.4 Å². The highest BCUT2D eigenvalue weighted by molar-refractivity contribution is 7.47. The van der Waals surface area contributed by atoms with Crippen LogP contribution in [0.25, 0.3) is 0 Å². The molecule has 3 unspecified atom stereocenters. The molecular formula is C52H86N2O6P+. The van der Waals surface area contributed by atoms with Crippen LogP contribution in [0.4, 0.5) is 0 Å². The molecule has 8 nitrogen and oxygen atoms in total. The van der Waals surface area contributed by atoms with Gasteiger partial charge in [0.15, 0.2) is 0 Å². The van der Waals surface area contributed by atoms with E-state index >= 15 is 0 Å². The summed E-state index contributed by atoms with van der Waals surface area (Å²) in [5.74, 6) is -0.231. The first kappa shape index (κ1) is 57.6. The normalized spacial score (nSPS) is 15.5. The van der Waals surface area contributed by atoms with Crippen molar-refractivity contribution in [2.24, 2.45) is 0 Å².